The topological polar surface area (TPSA) is 20.2 Å². The van der Waals surface area contributed by atoms with Gasteiger partial charge < -0.3 is 5.11 Å². The molecule has 0 aliphatic heterocycles. The predicted octanol–water partition coefficient (Wildman–Crippen LogP) is 6.52. The van der Waals surface area contributed by atoms with Crippen LogP contribution in [0.5, 0.6) is 5.75 Å². The number of aryl methyl sites for hydroxylation is 2. The second-order valence-corrected chi connectivity index (χ2v) is 6.42. The summed E-state index contributed by atoms with van der Waals surface area (Å²) in [7, 11) is 0. The van der Waals surface area contributed by atoms with Gasteiger partial charge in [-0.05, 0) is 60.1 Å². The largest absolute Gasteiger partial charge is 0.508 e. The van der Waals surface area contributed by atoms with Crippen molar-refractivity contribution in [3.05, 3.63) is 53.6 Å². The maximum Gasteiger partial charge on any atom is 0.116 e. The summed E-state index contributed by atoms with van der Waals surface area (Å²) >= 11 is 0. The zero-order chi connectivity index (χ0) is 16.5. The van der Waals surface area contributed by atoms with Gasteiger partial charge in [0.1, 0.15) is 5.75 Å². The van der Waals surface area contributed by atoms with Gasteiger partial charge in [0.05, 0.1) is 0 Å². The van der Waals surface area contributed by atoms with Crippen LogP contribution in [0, 0.1) is 0 Å². The van der Waals surface area contributed by atoms with Crippen LogP contribution >= 0.6 is 0 Å². The minimum absolute atomic E-state index is 0.419. The van der Waals surface area contributed by atoms with Crippen LogP contribution in [0.1, 0.15) is 63.5 Å². The summed E-state index contributed by atoms with van der Waals surface area (Å²) in [5.74, 6) is 0.419. The molecule has 124 valence electrons. The minimum atomic E-state index is 0.419. The Morgan fingerprint density at radius 2 is 1.26 bits per heavy atom. The number of benzene rings is 2. The molecule has 0 heterocycles. The number of hydrogen-bond acceptors (Lipinski definition) is 1. The molecule has 23 heavy (non-hydrogen) atoms. The zero-order valence-electron chi connectivity index (χ0n) is 14.6. The Bertz CT molecular complexity index is 555. The Morgan fingerprint density at radius 1 is 0.739 bits per heavy atom. The van der Waals surface area contributed by atoms with E-state index in [1.54, 1.807) is 0 Å². The zero-order valence-corrected chi connectivity index (χ0v) is 14.6. The van der Waals surface area contributed by atoms with Crippen LogP contribution in [-0.4, -0.2) is 5.11 Å². The van der Waals surface area contributed by atoms with Crippen LogP contribution in [0.25, 0.3) is 11.1 Å². The summed E-state index contributed by atoms with van der Waals surface area (Å²) in [6.07, 6.45) is 9.42. The lowest BCUT2D eigenvalue weighted by atomic mass is 9.89. The fraction of sp³-hybridized carbons (Fsp3) is 0.455. The first-order valence-electron chi connectivity index (χ1n) is 9.16. The third-order valence-electron chi connectivity index (χ3n) is 4.45. The quantitative estimate of drug-likeness (QED) is 0.522. The van der Waals surface area contributed by atoms with Gasteiger partial charge in [-0.15, -0.1) is 0 Å². The molecule has 0 unspecified atom stereocenters. The summed E-state index contributed by atoms with van der Waals surface area (Å²) in [4.78, 5) is 0. The van der Waals surface area contributed by atoms with Crippen molar-refractivity contribution in [2.45, 2.75) is 65.2 Å². The summed E-state index contributed by atoms with van der Waals surface area (Å²) in [6.45, 7) is 4.47. The van der Waals surface area contributed by atoms with Gasteiger partial charge in [-0.2, -0.15) is 0 Å². The maximum absolute atomic E-state index is 10.2. The SMILES string of the molecule is CCCCCc1cc(O)cc(CCCCC)c1-c1ccccc1. The number of rotatable bonds is 9. The molecule has 0 aliphatic carbocycles. The highest BCUT2D eigenvalue weighted by Gasteiger charge is 2.12. The number of unbranched alkanes of at least 4 members (excludes halogenated alkanes) is 4. The highest BCUT2D eigenvalue weighted by Crippen LogP contribution is 2.33. The molecule has 0 aliphatic rings. The third kappa shape index (κ3) is 5.13. The molecule has 0 atom stereocenters. The first-order valence-corrected chi connectivity index (χ1v) is 9.16. The van der Waals surface area contributed by atoms with Crippen molar-refractivity contribution in [1.29, 1.82) is 0 Å². The molecule has 1 heteroatoms. The monoisotopic (exact) mass is 310 g/mol. The smallest absolute Gasteiger partial charge is 0.116 e. The molecule has 0 fully saturated rings. The molecule has 0 radical (unpaired) electrons. The molecule has 0 spiro atoms. The molecule has 1 N–H and O–H groups in total. The van der Waals surface area contributed by atoms with Crippen LogP contribution in [0.2, 0.25) is 0 Å². The lowest BCUT2D eigenvalue weighted by Gasteiger charge is -2.16. The van der Waals surface area contributed by atoms with E-state index in [0.717, 1.165) is 12.8 Å². The van der Waals surface area contributed by atoms with Gasteiger partial charge in [0.25, 0.3) is 0 Å². The predicted molar refractivity (Wildman–Crippen MR) is 100 cm³/mol. The summed E-state index contributed by atoms with van der Waals surface area (Å²) < 4.78 is 0. The Hall–Kier alpha value is -1.76. The van der Waals surface area contributed by atoms with E-state index in [2.05, 4.69) is 44.2 Å². The minimum Gasteiger partial charge on any atom is -0.508 e. The molecule has 0 amide bonds. The summed E-state index contributed by atoms with van der Waals surface area (Å²) in [5, 5.41) is 10.2. The molecule has 0 saturated heterocycles. The fourth-order valence-electron chi connectivity index (χ4n) is 3.25. The Kier molecular flexibility index (Phi) is 7.19. The maximum atomic E-state index is 10.2. The van der Waals surface area contributed by atoms with Gasteiger partial charge in [0.2, 0.25) is 0 Å². The van der Waals surface area contributed by atoms with Crippen molar-refractivity contribution in [2.24, 2.45) is 0 Å². The van der Waals surface area contributed by atoms with Crippen molar-refractivity contribution in [3.8, 4) is 16.9 Å². The first kappa shape index (κ1) is 17.6. The van der Waals surface area contributed by atoms with Crippen LogP contribution in [0.15, 0.2) is 42.5 Å². The van der Waals surface area contributed by atoms with Gasteiger partial charge in [0, 0.05) is 0 Å². The molecule has 2 aromatic carbocycles. The number of aromatic hydroxyl groups is 1. The molecule has 1 nitrogen and oxygen atoms in total. The van der Waals surface area contributed by atoms with Crippen molar-refractivity contribution < 1.29 is 5.11 Å². The highest BCUT2D eigenvalue weighted by molar-refractivity contribution is 5.72. The highest BCUT2D eigenvalue weighted by atomic mass is 16.3. The average molecular weight is 310 g/mol. The molecule has 2 rings (SSSR count). The fourth-order valence-corrected chi connectivity index (χ4v) is 3.25. The number of hydrogen-bond donors (Lipinski definition) is 1. The van der Waals surface area contributed by atoms with E-state index in [0.29, 0.717) is 5.75 Å². The first-order chi connectivity index (χ1) is 11.3. The van der Waals surface area contributed by atoms with E-state index in [1.807, 2.05) is 12.1 Å². The lowest BCUT2D eigenvalue weighted by molar-refractivity contribution is 0.473. The van der Waals surface area contributed by atoms with E-state index in [1.165, 1.54) is 60.8 Å². The normalized spacial score (nSPS) is 10.9. The average Bonchev–Trinajstić information content (AvgIpc) is 2.56. The van der Waals surface area contributed by atoms with Gasteiger partial charge in [-0.1, -0.05) is 69.9 Å². The molecule has 0 bridgehead atoms. The van der Waals surface area contributed by atoms with Gasteiger partial charge >= 0.3 is 0 Å². The van der Waals surface area contributed by atoms with Crippen LogP contribution in [-0.2, 0) is 12.8 Å². The second kappa shape index (κ2) is 9.39. The van der Waals surface area contributed by atoms with Crippen molar-refractivity contribution in [2.75, 3.05) is 0 Å². The number of phenols is 1. The Morgan fingerprint density at radius 3 is 1.74 bits per heavy atom. The molecule has 0 saturated carbocycles. The second-order valence-electron chi connectivity index (χ2n) is 6.42. The third-order valence-corrected chi connectivity index (χ3v) is 4.45. The van der Waals surface area contributed by atoms with E-state index >= 15 is 0 Å². The lowest BCUT2D eigenvalue weighted by Crippen LogP contribution is -1.98. The molecular weight excluding hydrogens is 280 g/mol. The molecule has 0 aromatic heterocycles. The van der Waals surface area contributed by atoms with Crippen LogP contribution in [0.4, 0.5) is 0 Å². The van der Waals surface area contributed by atoms with E-state index < -0.39 is 0 Å². The van der Waals surface area contributed by atoms with Gasteiger partial charge in [-0.25, -0.2) is 0 Å². The Labute approximate surface area is 141 Å². The standard InChI is InChI=1S/C22H30O/c1-3-5-8-14-19-16-21(23)17-20(15-9-6-4-2)22(19)18-12-10-7-11-13-18/h7,10-13,16-17,23H,3-6,8-9,14-15H2,1-2H3. The van der Waals surface area contributed by atoms with E-state index in [-0.39, 0.29) is 0 Å². The molecular formula is C22H30O. The molecule has 2 aromatic rings. The van der Waals surface area contributed by atoms with E-state index in [4.69, 9.17) is 0 Å². The summed E-state index contributed by atoms with van der Waals surface area (Å²) in [6, 6.07) is 14.6. The van der Waals surface area contributed by atoms with Crippen molar-refractivity contribution >= 4 is 0 Å². The van der Waals surface area contributed by atoms with Crippen molar-refractivity contribution in [3.63, 3.8) is 0 Å². The van der Waals surface area contributed by atoms with Crippen molar-refractivity contribution in [1.82, 2.24) is 0 Å². The summed E-state index contributed by atoms with van der Waals surface area (Å²) in [5.41, 5.74) is 5.24. The van der Waals surface area contributed by atoms with E-state index in [9.17, 15) is 5.11 Å². The van der Waals surface area contributed by atoms with Crippen LogP contribution < -0.4 is 0 Å². The van der Waals surface area contributed by atoms with Gasteiger partial charge in [0.15, 0.2) is 0 Å². The van der Waals surface area contributed by atoms with Gasteiger partial charge in [-0.3, -0.25) is 0 Å². The number of phenolic OH excluding ortho intramolecular Hbond substituents is 1. The Balaban J connectivity index is 2.38. The van der Waals surface area contributed by atoms with Crippen LogP contribution in [0.3, 0.4) is 0 Å².